The number of hydrogen-bond acceptors (Lipinski definition) is 7. The van der Waals surface area contributed by atoms with Gasteiger partial charge in [-0.3, -0.25) is 0 Å². The summed E-state index contributed by atoms with van der Waals surface area (Å²) in [7, 11) is 1.62. The summed E-state index contributed by atoms with van der Waals surface area (Å²) in [6, 6.07) is 17.7. The van der Waals surface area contributed by atoms with Crippen LogP contribution >= 0.6 is 11.3 Å². The summed E-state index contributed by atoms with van der Waals surface area (Å²) in [4.78, 5) is 13.1. The van der Waals surface area contributed by atoms with Crippen LogP contribution < -0.4 is 14.8 Å². The first-order chi connectivity index (χ1) is 15.0. The summed E-state index contributed by atoms with van der Waals surface area (Å²) in [5.74, 6) is 2.22. The molecule has 0 radical (unpaired) electrons. The Bertz CT molecular complexity index is 1070. The summed E-state index contributed by atoms with van der Waals surface area (Å²) in [6.45, 7) is 6.07. The van der Waals surface area contributed by atoms with Crippen molar-refractivity contribution in [1.82, 2.24) is 15.0 Å². The molecule has 0 unspecified atom stereocenters. The summed E-state index contributed by atoms with van der Waals surface area (Å²) in [5.41, 5.74) is 2.13. The maximum atomic E-state index is 5.67. The number of benzene rings is 1. The van der Waals surface area contributed by atoms with E-state index in [1.54, 1.807) is 25.7 Å². The number of aromatic nitrogens is 3. The third-order valence-electron chi connectivity index (χ3n) is 3.99. The first kappa shape index (κ1) is 22.2. The fourth-order valence-electron chi connectivity index (χ4n) is 2.56. The van der Waals surface area contributed by atoms with E-state index >= 15 is 0 Å². The van der Waals surface area contributed by atoms with E-state index in [0.717, 1.165) is 27.2 Å². The standard InChI is InChI=1S/C17H18N4O2S.C7H8/c1-11(2)23-12-6-7-18-15(8-12)21-16-10-20-17(24-16)14-5-4-13(22-3)9-19-14;1-7-5-3-2-4-6-7/h4-11H,1-3H3,(H,18,21);2-6H,1H3. The Morgan fingerprint density at radius 3 is 2.32 bits per heavy atom. The predicted octanol–water partition coefficient (Wildman–Crippen LogP) is 6.13. The van der Waals surface area contributed by atoms with Gasteiger partial charge in [0.05, 0.1) is 31.3 Å². The van der Waals surface area contributed by atoms with Crippen molar-refractivity contribution in [3.05, 3.63) is 78.8 Å². The van der Waals surface area contributed by atoms with Gasteiger partial charge < -0.3 is 14.8 Å². The van der Waals surface area contributed by atoms with Crippen molar-refractivity contribution >= 4 is 22.2 Å². The summed E-state index contributed by atoms with van der Waals surface area (Å²) in [6.07, 6.45) is 5.28. The minimum Gasteiger partial charge on any atom is -0.495 e. The molecule has 31 heavy (non-hydrogen) atoms. The molecule has 0 amide bonds. The smallest absolute Gasteiger partial charge is 0.143 e. The Labute approximate surface area is 187 Å². The van der Waals surface area contributed by atoms with E-state index in [0.29, 0.717) is 5.82 Å². The van der Waals surface area contributed by atoms with Crippen molar-refractivity contribution in [2.24, 2.45) is 0 Å². The number of aryl methyl sites for hydroxylation is 1. The largest absolute Gasteiger partial charge is 0.495 e. The Morgan fingerprint density at radius 2 is 1.71 bits per heavy atom. The zero-order valence-corrected chi connectivity index (χ0v) is 18.9. The lowest BCUT2D eigenvalue weighted by molar-refractivity contribution is 0.242. The molecule has 3 heterocycles. The molecule has 0 bridgehead atoms. The average molecular weight is 435 g/mol. The van der Waals surface area contributed by atoms with Gasteiger partial charge in [-0.1, -0.05) is 47.2 Å². The number of thiazole rings is 1. The highest BCUT2D eigenvalue weighted by Crippen LogP contribution is 2.30. The molecule has 160 valence electrons. The van der Waals surface area contributed by atoms with E-state index in [4.69, 9.17) is 9.47 Å². The van der Waals surface area contributed by atoms with Gasteiger partial charge in [0, 0.05) is 12.3 Å². The monoisotopic (exact) mass is 434 g/mol. The molecule has 0 aliphatic rings. The molecule has 0 aliphatic heterocycles. The Morgan fingerprint density at radius 1 is 0.903 bits per heavy atom. The van der Waals surface area contributed by atoms with Crippen LogP contribution in [0.25, 0.3) is 10.7 Å². The van der Waals surface area contributed by atoms with Gasteiger partial charge in [-0.25, -0.2) is 15.0 Å². The topological polar surface area (TPSA) is 69.2 Å². The molecule has 3 aromatic heterocycles. The van der Waals surface area contributed by atoms with Crippen LogP contribution in [0.3, 0.4) is 0 Å². The number of nitrogens with one attached hydrogen (secondary N) is 1. The van der Waals surface area contributed by atoms with E-state index in [9.17, 15) is 0 Å². The SMILES string of the molecule is COc1ccc(-c2ncc(Nc3cc(OC(C)C)ccn3)s2)nc1.Cc1ccccc1. The molecule has 0 spiro atoms. The number of nitrogens with zero attached hydrogens (tertiary/aromatic N) is 3. The van der Waals surface area contributed by atoms with Crippen LogP contribution in [-0.4, -0.2) is 28.2 Å². The van der Waals surface area contributed by atoms with Crippen LogP contribution in [0.2, 0.25) is 0 Å². The summed E-state index contributed by atoms with van der Waals surface area (Å²) >= 11 is 1.51. The van der Waals surface area contributed by atoms with E-state index < -0.39 is 0 Å². The minimum atomic E-state index is 0.122. The van der Waals surface area contributed by atoms with Crippen LogP contribution in [0.5, 0.6) is 11.5 Å². The summed E-state index contributed by atoms with van der Waals surface area (Å²) < 4.78 is 10.8. The van der Waals surface area contributed by atoms with Gasteiger partial charge in [-0.2, -0.15) is 0 Å². The molecule has 0 atom stereocenters. The van der Waals surface area contributed by atoms with Crippen molar-refractivity contribution in [2.75, 3.05) is 12.4 Å². The highest BCUT2D eigenvalue weighted by atomic mass is 32.1. The van der Waals surface area contributed by atoms with Gasteiger partial charge in [0.25, 0.3) is 0 Å². The van der Waals surface area contributed by atoms with Crippen LogP contribution in [0, 0.1) is 6.92 Å². The molecule has 0 saturated carbocycles. The highest BCUT2D eigenvalue weighted by molar-refractivity contribution is 7.18. The first-order valence-electron chi connectivity index (χ1n) is 9.91. The lowest BCUT2D eigenvalue weighted by Crippen LogP contribution is -2.05. The van der Waals surface area contributed by atoms with E-state index in [2.05, 4.69) is 39.3 Å². The number of ether oxygens (including phenoxy) is 2. The molecule has 4 rings (SSSR count). The van der Waals surface area contributed by atoms with Gasteiger partial charge in [0.15, 0.2) is 0 Å². The second-order valence-electron chi connectivity index (χ2n) is 6.94. The lowest BCUT2D eigenvalue weighted by atomic mass is 10.2. The van der Waals surface area contributed by atoms with Crippen LogP contribution in [0.4, 0.5) is 10.8 Å². The van der Waals surface area contributed by atoms with Gasteiger partial charge >= 0.3 is 0 Å². The molecule has 0 saturated heterocycles. The van der Waals surface area contributed by atoms with Crippen LogP contribution in [0.1, 0.15) is 19.4 Å². The molecule has 7 heteroatoms. The van der Waals surface area contributed by atoms with Gasteiger partial charge in [-0.15, -0.1) is 0 Å². The molecule has 4 aromatic rings. The van der Waals surface area contributed by atoms with E-state index in [-0.39, 0.29) is 6.10 Å². The molecular weight excluding hydrogens is 408 g/mol. The van der Waals surface area contributed by atoms with Crippen molar-refractivity contribution in [1.29, 1.82) is 0 Å². The second kappa shape index (κ2) is 11.1. The fourth-order valence-corrected chi connectivity index (χ4v) is 3.36. The highest BCUT2D eigenvalue weighted by Gasteiger charge is 2.08. The average Bonchev–Trinajstić information content (AvgIpc) is 3.23. The lowest BCUT2D eigenvalue weighted by Gasteiger charge is -2.10. The zero-order valence-electron chi connectivity index (χ0n) is 18.1. The zero-order chi connectivity index (χ0) is 22.1. The number of rotatable bonds is 6. The number of pyridine rings is 2. The first-order valence-corrected chi connectivity index (χ1v) is 10.7. The molecule has 1 aromatic carbocycles. The maximum Gasteiger partial charge on any atom is 0.143 e. The minimum absolute atomic E-state index is 0.122. The van der Waals surface area contributed by atoms with Crippen molar-refractivity contribution in [3.63, 3.8) is 0 Å². The van der Waals surface area contributed by atoms with Gasteiger partial charge in [-0.05, 0) is 39.0 Å². The number of hydrogen-bond donors (Lipinski definition) is 1. The van der Waals surface area contributed by atoms with E-state index in [1.807, 2.05) is 56.3 Å². The Balaban J connectivity index is 0.000000330. The predicted molar refractivity (Wildman–Crippen MR) is 126 cm³/mol. The van der Waals surface area contributed by atoms with Crippen molar-refractivity contribution < 1.29 is 9.47 Å². The molecule has 6 nitrogen and oxygen atoms in total. The Kier molecular flexibility index (Phi) is 7.95. The van der Waals surface area contributed by atoms with Gasteiger partial charge in [0.1, 0.15) is 27.3 Å². The fraction of sp³-hybridized carbons (Fsp3) is 0.208. The Hall–Kier alpha value is -3.45. The normalized spacial score (nSPS) is 10.2. The maximum absolute atomic E-state index is 5.67. The van der Waals surface area contributed by atoms with Crippen molar-refractivity contribution in [3.8, 4) is 22.2 Å². The molecular formula is C24H26N4O2S. The van der Waals surface area contributed by atoms with Crippen molar-refractivity contribution in [2.45, 2.75) is 26.9 Å². The third-order valence-corrected chi connectivity index (χ3v) is 4.93. The number of methoxy groups -OCH3 is 1. The molecule has 0 fully saturated rings. The second-order valence-corrected chi connectivity index (χ2v) is 7.97. The third kappa shape index (κ3) is 7.08. The van der Waals surface area contributed by atoms with Gasteiger partial charge in [0.2, 0.25) is 0 Å². The van der Waals surface area contributed by atoms with E-state index in [1.165, 1.54) is 16.9 Å². The number of anilines is 2. The van der Waals surface area contributed by atoms with Crippen LogP contribution in [-0.2, 0) is 0 Å². The quantitative estimate of drug-likeness (QED) is 0.393. The summed E-state index contributed by atoms with van der Waals surface area (Å²) in [5, 5.41) is 4.96. The molecule has 1 N–H and O–H groups in total. The molecule has 0 aliphatic carbocycles. The van der Waals surface area contributed by atoms with Crippen LogP contribution in [0.15, 0.2) is 73.2 Å².